The predicted molar refractivity (Wildman–Crippen MR) is 159 cm³/mol. The fraction of sp³-hybridized carbons (Fsp3) is 0.235. The summed E-state index contributed by atoms with van der Waals surface area (Å²) in [4.78, 5) is 47.4. The van der Waals surface area contributed by atoms with Crippen molar-refractivity contribution in [1.29, 1.82) is 0 Å². The summed E-state index contributed by atoms with van der Waals surface area (Å²) in [7, 11) is 1.23. The van der Waals surface area contributed by atoms with Crippen LogP contribution in [0.15, 0.2) is 85.7 Å². The van der Waals surface area contributed by atoms with Crippen molar-refractivity contribution >= 4 is 23.9 Å². The number of methoxy groups -OCH3 is 1. The molecule has 0 fully saturated rings. The van der Waals surface area contributed by atoms with Gasteiger partial charge in [-0.15, -0.1) is 0 Å². The van der Waals surface area contributed by atoms with Gasteiger partial charge in [-0.1, -0.05) is 32.2 Å². The van der Waals surface area contributed by atoms with E-state index in [1.165, 1.54) is 7.11 Å². The van der Waals surface area contributed by atoms with Gasteiger partial charge >= 0.3 is 23.9 Å². The third-order valence-corrected chi connectivity index (χ3v) is 6.81. The maximum atomic E-state index is 12.8. The molecule has 3 aromatic rings. The molecule has 0 N–H and O–H groups in total. The molecule has 0 heterocycles. The van der Waals surface area contributed by atoms with Crippen molar-refractivity contribution < 1.29 is 47.6 Å². The van der Waals surface area contributed by atoms with Crippen LogP contribution in [0.2, 0.25) is 0 Å². The van der Waals surface area contributed by atoms with Crippen LogP contribution in [0, 0.1) is 0 Å². The van der Waals surface area contributed by atoms with Gasteiger partial charge in [-0.3, -0.25) is 4.79 Å². The van der Waals surface area contributed by atoms with Crippen LogP contribution in [-0.4, -0.2) is 50.8 Å². The molecule has 0 radical (unpaired) electrons. The summed E-state index contributed by atoms with van der Waals surface area (Å²) in [6.45, 7) is 9.06. The summed E-state index contributed by atoms with van der Waals surface area (Å²) in [5.74, 6) is -0.765. The zero-order valence-electron chi connectivity index (χ0n) is 24.5. The second-order valence-corrected chi connectivity index (χ2v) is 9.77. The zero-order chi connectivity index (χ0) is 31.6. The maximum Gasteiger partial charge on any atom is 0.348 e. The van der Waals surface area contributed by atoms with E-state index in [1.807, 2.05) is 24.3 Å². The van der Waals surface area contributed by atoms with Crippen molar-refractivity contribution in [3.8, 4) is 28.4 Å². The van der Waals surface area contributed by atoms with Crippen LogP contribution in [0.1, 0.15) is 47.2 Å². The topological polar surface area (TPSA) is 124 Å². The van der Waals surface area contributed by atoms with Gasteiger partial charge in [-0.25, -0.2) is 14.4 Å². The van der Waals surface area contributed by atoms with Crippen molar-refractivity contribution in [2.75, 3.05) is 26.9 Å². The van der Waals surface area contributed by atoms with E-state index in [2.05, 4.69) is 29.6 Å². The van der Waals surface area contributed by atoms with Crippen LogP contribution in [0.3, 0.4) is 0 Å². The monoisotopic (exact) mass is 600 g/mol. The molecule has 0 saturated heterocycles. The Kier molecular flexibility index (Phi) is 10.5. The quantitative estimate of drug-likeness (QED) is 0.0582. The molecular formula is C34H32O10. The molecule has 1 aliphatic carbocycles. The minimum absolute atomic E-state index is 0.0148. The third-order valence-electron chi connectivity index (χ3n) is 6.81. The Morgan fingerprint density at radius 3 is 2.11 bits per heavy atom. The molecule has 0 saturated carbocycles. The first-order valence-electron chi connectivity index (χ1n) is 13.8. The summed E-state index contributed by atoms with van der Waals surface area (Å²) in [6, 6.07) is 17.7. The van der Waals surface area contributed by atoms with Crippen molar-refractivity contribution in [3.05, 3.63) is 102 Å². The maximum absolute atomic E-state index is 12.8. The molecule has 44 heavy (non-hydrogen) atoms. The highest BCUT2D eigenvalue weighted by atomic mass is 16.6. The molecule has 0 aliphatic heterocycles. The van der Waals surface area contributed by atoms with Gasteiger partial charge in [0.05, 0.1) is 38.6 Å². The highest BCUT2D eigenvalue weighted by molar-refractivity contribution is 5.93. The van der Waals surface area contributed by atoms with Crippen molar-refractivity contribution in [2.24, 2.45) is 0 Å². The molecule has 4 rings (SSSR count). The number of benzene rings is 3. The number of fused-ring (bicyclic) bond motifs is 3. The fourth-order valence-corrected chi connectivity index (χ4v) is 4.57. The zero-order valence-corrected chi connectivity index (χ0v) is 24.5. The van der Waals surface area contributed by atoms with Gasteiger partial charge in [-0.05, 0) is 70.8 Å². The summed E-state index contributed by atoms with van der Waals surface area (Å²) in [5, 5.41) is 0. The first kappa shape index (κ1) is 31.6. The third kappa shape index (κ3) is 7.91. The van der Waals surface area contributed by atoms with Crippen molar-refractivity contribution in [1.82, 2.24) is 0 Å². The fourth-order valence-electron chi connectivity index (χ4n) is 4.57. The Labute approximate surface area is 254 Å². The minimum atomic E-state index is -0.662. The lowest BCUT2D eigenvalue weighted by atomic mass is 9.99. The molecule has 0 aromatic heterocycles. The van der Waals surface area contributed by atoms with Crippen molar-refractivity contribution in [2.45, 2.75) is 25.7 Å². The van der Waals surface area contributed by atoms with E-state index in [-0.39, 0.29) is 37.7 Å². The Morgan fingerprint density at radius 2 is 1.45 bits per heavy atom. The van der Waals surface area contributed by atoms with Crippen LogP contribution >= 0.6 is 0 Å². The van der Waals surface area contributed by atoms with E-state index < -0.39 is 23.9 Å². The smallest absolute Gasteiger partial charge is 0.348 e. The number of hydrogen-bond acceptors (Lipinski definition) is 10. The van der Waals surface area contributed by atoms with Crippen LogP contribution < -0.4 is 14.2 Å². The summed E-state index contributed by atoms with van der Waals surface area (Å²) >= 11 is 0. The summed E-state index contributed by atoms with van der Waals surface area (Å²) in [6.07, 6.45) is 1.25. The SMILES string of the molecule is C=COC(=O)COc1ccc2c(c1)C(C)c1cc(OC(=O)c3ccc(OCCCOC(=O)C(=C)CC(=O)OC)cc3)ccc1-2. The lowest BCUT2D eigenvalue weighted by Gasteiger charge is -2.11. The Balaban J connectivity index is 1.26. The van der Waals surface area contributed by atoms with Crippen LogP contribution in [0.25, 0.3) is 11.1 Å². The minimum Gasteiger partial charge on any atom is -0.493 e. The Morgan fingerprint density at radius 1 is 0.818 bits per heavy atom. The van der Waals surface area contributed by atoms with Crippen LogP contribution in [-0.2, 0) is 28.6 Å². The van der Waals surface area contributed by atoms with E-state index in [1.54, 1.807) is 36.4 Å². The molecule has 10 heteroatoms. The number of esters is 4. The van der Waals surface area contributed by atoms with Gasteiger partial charge in [0.2, 0.25) is 0 Å². The molecule has 1 atom stereocenters. The van der Waals surface area contributed by atoms with Crippen molar-refractivity contribution in [3.63, 3.8) is 0 Å². The van der Waals surface area contributed by atoms with Gasteiger partial charge in [0.25, 0.3) is 0 Å². The molecule has 1 unspecified atom stereocenters. The normalized spacial score (nSPS) is 12.6. The Hall–Kier alpha value is -5.38. The summed E-state index contributed by atoms with van der Waals surface area (Å²) < 4.78 is 31.1. The molecule has 10 nitrogen and oxygen atoms in total. The molecule has 0 bridgehead atoms. The molecule has 228 valence electrons. The first-order valence-corrected chi connectivity index (χ1v) is 13.8. The van der Waals surface area contributed by atoms with Crippen LogP contribution in [0.4, 0.5) is 0 Å². The van der Waals surface area contributed by atoms with Gasteiger partial charge in [0.1, 0.15) is 17.2 Å². The average molecular weight is 601 g/mol. The largest absolute Gasteiger partial charge is 0.493 e. The number of carbonyl (C=O) groups is 4. The second kappa shape index (κ2) is 14.7. The lowest BCUT2D eigenvalue weighted by molar-refractivity contribution is -0.144. The molecular weight excluding hydrogens is 568 g/mol. The predicted octanol–water partition coefficient (Wildman–Crippen LogP) is 5.53. The molecule has 0 amide bonds. The first-order chi connectivity index (χ1) is 21.2. The number of carbonyl (C=O) groups excluding carboxylic acids is 4. The average Bonchev–Trinajstić information content (AvgIpc) is 3.30. The van der Waals surface area contributed by atoms with E-state index in [9.17, 15) is 19.2 Å². The van der Waals surface area contributed by atoms with E-state index >= 15 is 0 Å². The highest BCUT2D eigenvalue weighted by Crippen LogP contribution is 2.47. The van der Waals surface area contributed by atoms with Gasteiger partial charge in [0, 0.05) is 17.9 Å². The van der Waals surface area contributed by atoms with Gasteiger partial charge in [-0.2, -0.15) is 0 Å². The molecule has 1 aliphatic rings. The van der Waals surface area contributed by atoms with Gasteiger partial charge < -0.3 is 28.4 Å². The molecule has 3 aromatic carbocycles. The number of rotatable bonds is 14. The summed E-state index contributed by atoms with van der Waals surface area (Å²) in [5.41, 5.74) is 4.50. The number of ether oxygens (including phenoxy) is 6. The van der Waals surface area contributed by atoms with Crippen LogP contribution in [0.5, 0.6) is 17.2 Å². The molecule has 0 spiro atoms. The lowest BCUT2D eigenvalue weighted by Crippen LogP contribution is -2.13. The standard InChI is InChI=1S/C34H32O10/c1-5-40-32(36)20-43-25-11-13-27-28-14-12-26(19-30(28)22(3)29(27)18-25)44-34(38)23-7-9-24(10-8-23)41-15-6-16-42-33(37)21(2)17-31(35)39-4/h5,7-14,18-19,22H,1-2,6,15-17,20H2,3-4H3. The highest BCUT2D eigenvalue weighted by Gasteiger charge is 2.27. The van der Waals surface area contributed by atoms with Gasteiger partial charge in [0.15, 0.2) is 6.61 Å². The second-order valence-electron chi connectivity index (χ2n) is 9.77. The Bertz CT molecular complexity index is 1570. The van der Waals surface area contributed by atoms with E-state index in [4.69, 9.17) is 18.9 Å². The van der Waals surface area contributed by atoms with E-state index in [0.717, 1.165) is 28.5 Å². The van der Waals surface area contributed by atoms with E-state index in [0.29, 0.717) is 29.2 Å². The number of hydrogen-bond donors (Lipinski definition) is 0.